The van der Waals surface area contributed by atoms with E-state index < -0.39 is 11.6 Å². The number of piperazine rings is 1. The Balaban J connectivity index is 1.52. The number of para-hydroxylation sites is 1. The average molecular weight is 421 g/mol. The van der Waals surface area contributed by atoms with Crippen LogP contribution in [-0.4, -0.2) is 52.9 Å². The van der Waals surface area contributed by atoms with Gasteiger partial charge in [0, 0.05) is 5.56 Å². The fourth-order valence-corrected chi connectivity index (χ4v) is 3.82. The van der Waals surface area contributed by atoms with Gasteiger partial charge in [0.05, 0.1) is 14.2 Å². The summed E-state index contributed by atoms with van der Waals surface area (Å²) in [6, 6.07) is 7.54. The third-order valence-corrected chi connectivity index (χ3v) is 5.58. The highest BCUT2D eigenvalue weighted by molar-refractivity contribution is 5.91. The van der Waals surface area contributed by atoms with Crippen molar-refractivity contribution in [2.75, 3.05) is 52.3 Å². The number of anilines is 1. The minimum atomic E-state index is -0.766. The molecule has 1 aliphatic heterocycles. The quantitative estimate of drug-likeness (QED) is 0.599. The van der Waals surface area contributed by atoms with Crippen LogP contribution in [0.4, 0.5) is 14.5 Å². The molecule has 0 radical (unpaired) electrons. The van der Waals surface area contributed by atoms with Crippen molar-refractivity contribution >= 4 is 11.6 Å². The molecule has 2 aromatic rings. The Labute approximate surface area is 175 Å². The lowest BCUT2D eigenvalue weighted by atomic mass is 10.1. The van der Waals surface area contributed by atoms with E-state index in [1.807, 2.05) is 12.1 Å². The molecule has 1 amide bonds. The SMILES string of the molecule is COc1cc(C)c(C[NH+]2CC[NH+](CC(=O)Nc3c(F)cccc3F)CC2)cc1OC. The number of nitrogens with one attached hydrogen (secondary N) is 3. The molecule has 0 atom stereocenters. The number of aryl methyl sites for hydroxylation is 1. The number of rotatable bonds is 7. The first-order valence-electron chi connectivity index (χ1n) is 10.0. The van der Waals surface area contributed by atoms with Crippen LogP contribution in [-0.2, 0) is 11.3 Å². The van der Waals surface area contributed by atoms with E-state index >= 15 is 0 Å². The van der Waals surface area contributed by atoms with Crippen LogP contribution in [0, 0.1) is 18.6 Å². The van der Waals surface area contributed by atoms with Crippen molar-refractivity contribution in [2.45, 2.75) is 13.5 Å². The van der Waals surface area contributed by atoms with E-state index in [0.717, 1.165) is 66.8 Å². The van der Waals surface area contributed by atoms with Gasteiger partial charge in [0.15, 0.2) is 18.0 Å². The first-order valence-corrected chi connectivity index (χ1v) is 10.0. The van der Waals surface area contributed by atoms with Crippen molar-refractivity contribution in [1.29, 1.82) is 0 Å². The van der Waals surface area contributed by atoms with E-state index in [1.54, 1.807) is 14.2 Å². The van der Waals surface area contributed by atoms with Crippen LogP contribution in [0.25, 0.3) is 0 Å². The number of amides is 1. The molecule has 0 saturated carbocycles. The van der Waals surface area contributed by atoms with Crippen molar-refractivity contribution in [3.8, 4) is 11.5 Å². The number of methoxy groups -OCH3 is 2. The first-order chi connectivity index (χ1) is 14.4. The lowest BCUT2D eigenvalue weighted by molar-refractivity contribution is -1.02. The Morgan fingerprint density at radius 1 is 1.00 bits per heavy atom. The van der Waals surface area contributed by atoms with E-state index in [9.17, 15) is 13.6 Å². The summed E-state index contributed by atoms with van der Waals surface area (Å²) in [4.78, 5) is 14.8. The first kappa shape index (κ1) is 22.0. The Morgan fingerprint density at radius 3 is 2.17 bits per heavy atom. The minimum Gasteiger partial charge on any atom is -0.493 e. The Bertz CT molecular complexity index is 879. The zero-order chi connectivity index (χ0) is 21.7. The van der Waals surface area contributed by atoms with Crippen LogP contribution in [0.3, 0.4) is 0 Å². The van der Waals surface area contributed by atoms with Gasteiger partial charge < -0.3 is 24.6 Å². The number of ether oxygens (including phenoxy) is 2. The highest BCUT2D eigenvalue weighted by atomic mass is 19.1. The summed E-state index contributed by atoms with van der Waals surface area (Å²) < 4.78 is 38.2. The maximum Gasteiger partial charge on any atom is 0.279 e. The summed E-state index contributed by atoms with van der Waals surface area (Å²) in [6.07, 6.45) is 0. The van der Waals surface area contributed by atoms with Gasteiger partial charge in [-0.1, -0.05) is 6.07 Å². The second-order valence-electron chi connectivity index (χ2n) is 7.63. The molecule has 0 unspecified atom stereocenters. The lowest BCUT2D eigenvalue weighted by Crippen LogP contribution is -3.28. The van der Waals surface area contributed by atoms with Crippen LogP contribution in [0.5, 0.6) is 11.5 Å². The van der Waals surface area contributed by atoms with E-state index in [4.69, 9.17) is 9.47 Å². The molecule has 1 aliphatic rings. The van der Waals surface area contributed by atoms with Crippen molar-refractivity contribution in [2.24, 2.45) is 0 Å². The molecular formula is C22H29F2N3O3+2. The van der Waals surface area contributed by atoms with E-state index in [1.165, 1.54) is 16.5 Å². The Morgan fingerprint density at radius 2 is 1.57 bits per heavy atom. The molecule has 0 aromatic heterocycles. The second-order valence-corrected chi connectivity index (χ2v) is 7.63. The number of hydrogen-bond acceptors (Lipinski definition) is 3. The van der Waals surface area contributed by atoms with Crippen molar-refractivity contribution in [3.63, 3.8) is 0 Å². The molecule has 2 aromatic carbocycles. The smallest absolute Gasteiger partial charge is 0.279 e. The fourth-order valence-electron chi connectivity index (χ4n) is 3.82. The van der Waals surface area contributed by atoms with Crippen LogP contribution in [0.2, 0.25) is 0 Å². The van der Waals surface area contributed by atoms with Crippen LogP contribution < -0.4 is 24.6 Å². The van der Waals surface area contributed by atoms with Gasteiger partial charge in [-0.25, -0.2) is 8.78 Å². The van der Waals surface area contributed by atoms with Gasteiger partial charge in [-0.15, -0.1) is 0 Å². The molecule has 3 rings (SSSR count). The zero-order valence-electron chi connectivity index (χ0n) is 17.6. The summed E-state index contributed by atoms with van der Waals surface area (Å²) in [7, 11) is 3.26. The predicted octanol–water partition coefficient (Wildman–Crippen LogP) is 0.213. The minimum absolute atomic E-state index is 0.191. The predicted molar refractivity (Wildman–Crippen MR) is 109 cm³/mol. The number of hydrogen-bond donors (Lipinski definition) is 3. The number of benzene rings is 2. The lowest BCUT2D eigenvalue weighted by Gasteiger charge is -2.29. The molecule has 0 aliphatic carbocycles. The number of halogens is 2. The molecular weight excluding hydrogens is 392 g/mol. The summed E-state index contributed by atoms with van der Waals surface area (Å²) in [5.41, 5.74) is 1.98. The summed E-state index contributed by atoms with van der Waals surface area (Å²) in [6.45, 7) is 6.56. The van der Waals surface area contributed by atoms with E-state index in [-0.39, 0.29) is 18.1 Å². The van der Waals surface area contributed by atoms with Crippen LogP contribution in [0.15, 0.2) is 30.3 Å². The summed E-state index contributed by atoms with van der Waals surface area (Å²) in [5, 5.41) is 2.37. The van der Waals surface area contributed by atoms with Crippen LogP contribution >= 0.6 is 0 Å². The van der Waals surface area contributed by atoms with E-state index in [0.29, 0.717) is 0 Å². The molecule has 1 saturated heterocycles. The molecule has 162 valence electrons. The van der Waals surface area contributed by atoms with E-state index in [2.05, 4.69) is 12.2 Å². The van der Waals surface area contributed by atoms with Gasteiger partial charge >= 0.3 is 0 Å². The summed E-state index contributed by atoms with van der Waals surface area (Å²) in [5.74, 6) is -0.469. The van der Waals surface area contributed by atoms with Crippen molar-refractivity contribution in [1.82, 2.24) is 0 Å². The normalized spacial score (nSPS) is 18.7. The largest absolute Gasteiger partial charge is 0.493 e. The molecule has 1 heterocycles. The monoisotopic (exact) mass is 421 g/mol. The molecule has 30 heavy (non-hydrogen) atoms. The van der Waals surface area contributed by atoms with Gasteiger partial charge in [-0.05, 0) is 36.8 Å². The second kappa shape index (κ2) is 9.86. The molecule has 6 nitrogen and oxygen atoms in total. The third kappa shape index (κ3) is 5.25. The van der Waals surface area contributed by atoms with Gasteiger partial charge in [0.25, 0.3) is 5.91 Å². The molecule has 8 heteroatoms. The number of carbonyl (C=O) groups excluding carboxylic acids is 1. The van der Waals surface area contributed by atoms with Gasteiger partial charge in [-0.2, -0.15) is 0 Å². The van der Waals surface area contributed by atoms with Gasteiger partial charge in [0.2, 0.25) is 0 Å². The number of carbonyl (C=O) groups is 1. The number of quaternary nitrogens is 2. The van der Waals surface area contributed by atoms with Crippen molar-refractivity contribution in [3.05, 3.63) is 53.1 Å². The maximum absolute atomic E-state index is 13.7. The molecule has 0 spiro atoms. The molecule has 3 N–H and O–H groups in total. The highest BCUT2D eigenvalue weighted by Crippen LogP contribution is 2.29. The van der Waals surface area contributed by atoms with Gasteiger partial charge in [-0.3, -0.25) is 4.79 Å². The van der Waals surface area contributed by atoms with Crippen molar-refractivity contribution < 1.29 is 32.8 Å². The zero-order valence-corrected chi connectivity index (χ0v) is 17.6. The maximum atomic E-state index is 13.7. The third-order valence-electron chi connectivity index (χ3n) is 5.58. The Hall–Kier alpha value is -2.71. The molecule has 0 bridgehead atoms. The summed E-state index contributed by atoms with van der Waals surface area (Å²) >= 11 is 0. The van der Waals surface area contributed by atoms with Gasteiger partial charge in [0.1, 0.15) is 50.0 Å². The Kier molecular flexibility index (Phi) is 7.23. The standard InChI is InChI=1S/C22H27F2N3O3/c1-15-11-19(29-2)20(30-3)12-16(15)13-26-7-9-27(10-8-26)14-21(28)25-22-17(23)5-4-6-18(22)24/h4-6,11-12H,7-10,13-14H2,1-3H3,(H,25,28)/p+2. The average Bonchev–Trinajstić information content (AvgIpc) is 2.73. The molecule has 1 fully saturated rings. The van der Waals surface area contributed by atoms with Crippen LogP contribution in [0.1, 0.15) is 11.1 Å². The highest BCUT2D eigenvalue weighted by Gasteiger charge is 2.26. The fraction of sp³-hybridized carbons (Fsp3) is 0.409. The topological polar surface area (TPSA) is 56.4 Å².